The minimum Gasteiger partial charge on any atom is -0.286 e. The summed E-state index contributed by atoms with van der Waals surface area (Å²) in [6.07, 6.45) is 6.00. The van der Waals surface area contributed by atoms with Gasteiger partial charge in [0.25, 0.3) is 0 Å². The van der Waals surface area contributed by atoms with Gasteiger partial charge >= 0.3 is 0 Å². The van der Waals surface area contributed by atoms with Gasteiger partial charge in [-0.15, -0.1) is 12.6 Å². The number of thiol groups is 2. The normalized spacial score (nSPS) is 15.3. The molecule has 0 spiro atoms. The molecule has 6 nitrogen and oxygen atoms in total. The van der Waals surface area contributed by atoms with Crippen molar-refractivity contribution in [1.82, 2.24) is 30.3 Å². The fourth-order valence-electron chi connectivity index (χ4n) is 0.634. The van der Waals surface area contributed by atoms with Gasteiger partial charge in [0.2, 0.25) is 0 Å². The van der Waals surface area contributed by atoms with E-state index in [0.29, 0.717) is 10.0 Å². The molecule has 1 aromatic rings. The zero-order valence-corrected chi connectivity index (χ0v) is 10.0. The summed E-state index contributed by atoms with van der Waals surface area (Å²) in [5.41, 5.74) is 5.44. The van der Waals surface area contributed by atoms with E-state index in [0.717, 1.165) is 0 Å². The van der Waals surface area contributed by atoms with Crippen molar-refractivity contribution >= 4 is 42.6 Å². The summed E-state index contributed by atoms with van der Waals surface area (Å²) in [6.45, 7) is 0. The molecule has 80 valence electrons. The molecular weight excluding hydrogens is 252 g/mol. The van der Waals surface area contributed by atoms with Gasteiger partial charge in [-0.1, -0.05) is 29.6 Å². The average Bonchev–Trinajstić information content (AvgIpc) is 2.19. The number of aromatic nitrogens is 3. The number of hydrogen-bond donors (Lipinski definition) is 4. The van der Waals surface area contributed by atoms with Crippen molar-refractivity contribution in [3.8, 4) is 0 Å². The molecule has 0 saturated heterocycles. The maximum absolute atomic E-state index is 4.79. The molecule has 0 radical (unpaired) electrons. The van der Waals surface area contributed by atoms with Crippen LogP contribution in [0.3, 0.4) is 0 Å². The number of nitrogens with one attached hydrogen (secondary N) is 2. The highest BCUT2D eigenvalue weighted by atomic mass is 32.1. The summed E-state index contributed by atoms with van der Waals surface area (Å²) in [6, 6.07) is 0. The van der Waals surface area contributed by atoms with Gasteiger partial charge in [-0.2, -0.15) is 0 Å². The van der Waals surface area contributed by atoms with Gasteiger partial charge in [0, 0.05) is 6.08 Å². The first kappa shape index (κ1) is 12.2. The second-order valence-corrected chi connectivity index (χ2v) is 3.54. The Morgan fingerprint density at radius 2 is 1.67 bits per heavy atom. The van der Waals surface area contributed by atoms with Crippen molar-refractivity contribution in [2.45, 2.75) is 0 Å². The molecule has 0 amide bonds. The quantitative estimate of drug-likeness (QED) is 0.390. The summed E-state index contributed by atoms with van der Waals surface area (Å²) in [4.78, 5) is 11.3. The minimum absolute atomic E-state index is 0.591. The lowest BCUT2D eigenvalue weighted by atomic mass is 10.6. The Morgan fingerprint density at radius 1 is 1.13 bits per heavy atom. The van der Waals surface area contributed by atoms with Gasteiger partial charge in [-0.25, -0.2) is 15.0 Å². The summed E-state index contributed by atoms with van der Waals surface area (Å²) in [5.74, 6) is 0. The Kier molecular flexibility index (Phi) is 5.32. The van der Waals surface area contributed by atoms with E-state index >= 15 is 0 Å². The lowest BCUT2D eigenvalue weighted by molar-refractivity contribution is 0.364. The molecular formula is C6H8N6S3. The van der Waals surface area contributed by atoms with E-state index in [-0.39, 0.29) is 0 Å². The van der Waals surface area contributed by atoms with Crippen LogP contribution < -0.4 is 10.9 Å². The lowest BCUT2D eigenvalue weighted by Gasteiger charge is -2.22. The van der Waals surface area contributed by atoms with Gasteiger partial charge in [0.15, 0.2) is 0 Å². The van der Waals surface area contributed by atoms with Crippen LogP contribution >= 0.6 is 37.7 Å². The molecule has 1 aromatic heterocycles. The maximum atomic E-state index is 4.79. The molecule has 0 aromatic carbocycles. The van der Waals surface area contributed by atoms with Crippen LogP contribution in [0, 0.1) is 0 Å². The summed E-state index contributed by atoms with van der Waals surface area (Å²) < 4.78 is 1.34. The monoisotopic (exact) mass is 260 g/mol. The molecule has 0 aliphatic carbocycles. The second-order valence-electron chi connectivity index (χ2n) is 2.22. The Labute approximate surface area is 103 Å². The van der Waals surface area contributed by atoms with Crippen molar-refractivity contribution in [1.29, 1.82) is 0 Å². The zero-order valence-electron chi connectivity index (χ0n) is 7.40. The fourth-order valence-corrected chi connectivity index (χ4v) is 1.52. The van der Waals surface area contributed by atoms with Crippen molar-refractivity contribution in [2.24, 2.45) is 0 Å². The van der Waals surface area contributed by atoms with Crippen LogP contribution in [0.5, 0.6) is 0 Å². The first-order chi connectivity index (χ1) is 7.18. The number of nitrogens with zero attached hydrogens (tertiary/aromatic N) is 4. The molecule has 0 fully saturated rings. The van der Waals surface area contributed by atoms with E-state index in [2.05, 4.69) is 51.2 Å². The van der Waals surface area contributed by atoms with Gasteiger partial charge in [0.1, 0.15) is 24.0 Å². The van der Waals surface area contributed by atoms with E-state index in [1.807, 2.05) is 0 Å². The Hall–Kier alpha value is -0.900. The fraction of sp³-hybridized carbons (Fsp3) is 0. The molecule has 9 heteroatoms. The molecule has 0 saturated carbocycles. The van der Waals surface area contributed by atoms with Crippen molar-refractivity contribution in [2.75, 3.05) is 0 Å². The van der Waals surface area contributed by atoms with Crippen molar-refractivity contribution < 1.29 is 0 Å². The standard InChI is InChI=1S/C3H5N3S3.C3H3N3/c7-2-1-3(8)5-6(9)4-2;1-4-2-6-3-5-1/h1,4,7,9H,(H,5,8);1-3H. The second kappa shape index (κ2) is 6.56. The molecule has 1 aliphatic rings. The highest BCUT2D eigenvalue weighted by Gasteiger charge is 2.06. The summed E-state index contributed by atoms with van der Waals surface area (Å²) >= 11 is 12.7. The van der Waals surface area contributed by atoms with E-state index in [1.165, 1.54) is 23.5 Å². The van der Waals surface area contributed by atoms with Gasteiger partial charge in [0.05, 0.1) is 5.03 Å². The third kappa shape index (κ3) is 5.52. The van der Waals surface area contributed by atoms with E-state index < -0.39 is 0 Å². The molecule has 0 atom stereocenters. The smallest absolute Gasteiger partial charge is 0.119 e. The predicted octanol–water partition coefficient (Wildman–Crippen LogP) is 0.126. The third-order valence-electron chi connectivity index (χ3n) is 1.10. The van der Waals surface area contributed by atoms with Crippen LogP contribution in [0.25, 0.3) is 0 Å². The van der Waals surface area contributed by atoms with Crippen molar-refractivity contribution in [3.05, 3.63) is 30.1 Å². The maximum Gasteiger partial charge on any atom is 0.119 e. The summed E-state index contributed by atoms with van der Waals surface area (Å²) in [7, 11) is 0. The van der Waals surface area contributed by atoms with Crippen LogP contribution in [0.15, 0.2) is 30.1 Å². The zero-order chi connectivity index (χ0) is 11.1. The molecule has 2 rings (SSSR count). The Morgan fingerprint density at radius 3 is 2.00 bits per heavy atom. The molecule has 1 aliphatic heterocycles. The molecule has 0 bridgehead atoms. The Balaban J connectivity index is 0.000000162. The van der Waals surface area contributed by atoms with Crippen LogP contribution in [-0.4, -0.2) is 24.5 Å². The Bertz CT molecular complexity index is 315. The highest BCUT2D eigenvalue weighted by Crippen LogP contribution is 2.02. The van der Waals surface area contributed by atoms with E-state index in [9.17, 15) is 0 Å². The largest absolute Gasteiger partial charge is 0.286 e. The first-order valence-corrected chi connectivity index (χ1v) is 4.96. The van der Waals surface area contributed by atoms with Crippen LogP contribution in [0.2, 0.25) is 0 Å². The average molecular weight is 260 g/mol. The number of hydrogen-bond acceptors (Lipinski definition) is 8. The van der Waals surface area contributed by atoms with Crippen LogP contribution in [-0.2, 0) is 0 Å². The van der Waals surface area contributed by atoms with E-state index in [4.69, 9.17) is 12.2 Å². The highest BCUT2D eigenvalue weighted by molar-refractivity contribution is 7.85. The summed E-state index contributed by atoms with van der Waals surface area (Å²) in [5, 5.41) is 0.675. The van der Waals surface area contributed by atoms with Crippen LogP contribution in [0.1, 0.15) is 0 Å². The molecule has 2 heterocycles. The third-order valence-corrected chi connectivity index (χ3v) is 1.74. The molecule has 15 heavy (non-hydrogen) atoms. The van der Waals surface area contributed by atoms with Crippen molar-refractivity contribution in [3.63, 3.8) is 0 Å². The van der Waals surface area contributed by atoms with Crippen LogP contribution in [0.4, 0.5) is 0 Å². The van der Waals surface area contributed by atoms with E-state index in [1.54, 1.807) is 6.08 Å². The minimum atomic E-state index is 0.591. The topological polar surface area (TPSA) is 66.0 Å². The molecule has 0 unspecified atom stereocenters. The number of rotatable bonds is 0. The van der Waals surface area contributed by atoms with Gasteiger partial charge in [-0.3, -0.25) is 10.9 Å². The lowest BCUT2D eigenvalue weighted by Crippen LogP contribution is -2.45. The predicted molar refractivity (Wildman–Crippen MR) is 66.6 cm³/mol. The van der Waals surface area contributed by atoms with Gasteiger partial charge < -0.3 is 0 Å². The SMILES string of the molecule is S=C1C=C(S)NN(S)N1.c1ncncn1. The number of hydrazine groups is 2. The molecule has 2 N–H and O–H groups in total. The van der Waals surface area contributed by atoms with Gasteiger partial charge in [-0.05, 0) is 0 Å². The number of thiocarbonyl (C=S) groups is 1. The first-order valence-electron chi connectivity index (χ1n) is 3.70.